The molecule has 1 heterocycles. The van der Waals surface area contributed by atoms with Crippen LogP contribution in [0.5, 0.6) is 0 Å². The van der Waals surface area contributed by atoms with Gasteiger partial charge in [0.1, 0.15) is 12.8 Å². The molecule has 0 bridgehead atoms. The number of aryl methyl sites for hydroxylation is 1. The SMILES string of the molecule is CCCCCCCCCC[n+]1ccn(OCCC)c1-c1ccccc1. The highest BCUT2D eigenvalue weighted by Gasteiger charge is 2.20. The highest BCUT2D eigenvalue weighted by molar-refractivity contribution is 5.51. The molecule has 3 heteroatoms. The Kier molecular flexibility index (Phi) is 9.17. The van der Waals surface area contributed by atoms with Gasteiger partial charge in [0.25, 0.3) is 0 Å². The van der Waals surface area contributed by atoms with Gasteiger partial charge in [0, 0.05) is 0 Å². The molecule has 0 unspecified atom stereocenters. The van der Waals surface area contributed by atoms with E-state index in [1.165, 1.54) is 56.9 Å². The second-order valence-corrected chi connectivity index (χ2v) is 6.82. The standard InChI is InChI=1S/C22H35N2O/c1-3-5-6-7-8-9-10-14-17-23-18-19-24(25-20-4-2)22(23)21-15-12-11-13-16-21/h11-13,15-16,18-19H,3-10,14,17,20H2,1-2H3/q+1. The molecule has 3 nitrogen and oxygen atoms in total. The van der Waals surface area contributed by atoms with Crippen LogP contribution in [0, 0.1) is 0 Å². The predicted molar refractivity (Wildman–Crippen MR) is 104 cm³/mol. The van der Waals surface area contributed by atoms with E-state index in [2.05, 4.69) is 54.9 Å². The van der Waals surface area contributed by atoms with Gasteiger partial charge in [-0.05, 0) is 36.1 Å². The van der Waals surface area contributed by atoms with Crippen LogP contribution in [-0.4, -0.2) is 11.3 Å². The molecular formula is C22H35N2O+. The van der Waals surface area contributed by atoms with Crippen LogP contribution < -0.4 is 9.40 Å². The number of imidazole rings is 1. The summed E-state index contributed by atoms with van der Waals surface area (Å²) in [7, 11) is 0. The highest BCUT2D eigenvalue weighted by atomic mass is 16.7. The molecule has 0 aliphatic heterocycles. The molecule has 0 radical (unpaired) electrons. The number of hydrogen-bond donors (Lipinski definition) is 0. The maximum atomic E-state index is 5.90. The number of aromatic nitrogens is 2. The first-order valence-electron chi connectivity index (χ1n) is 10.2. The predicted octanol–water partition coefficient (Wildman–Crippen LogP) is 5.42. The molecule has 0 amide bonds. The molecule has 2 rings (SSSR count). The van der Waals surface area contributed by atoms with E-state index in [-0.39, 0.29) is 0 Å². The Morgan fingerprint density at radius 2 is 1.52 bits per heavy atom. The van der Waals surface area contributed by atoms with E-state index in [1.54, 1.807) is 0 Å². The van der Waals surface area contributed by atoms with E-state index in [1.807, 2.05) is 10.9 Å². The second-order valence-electron chi connectivity index (χ2n) is 6.82. The highest BCUT2D eigenvalue weighted by Crippen LogP contribution is 2.15. The molecule has 1 aromatic carbocycles. The zero-order valence-electron chi connectivity index (χ0n) is 16.1. The zero-order valence-corrected chi connectivity index (χ0v) is 16.1. The summed E-state index contributed by atoms with van der Waals surface area (Å²) in [5.41, 5.74) is 1.21. The van der Waals surface area contributed by atoms with Crippen LogP contribution >= 0.6 is 0 Å². The van der Waals surface area contributed by atoms with Gasteiger partial charge < -0.3 is 4.84 Å². The summed E-state index contributed by atoms with van der Waals surface area (Å²) in [5, 5.41) is 0. The van der Waals surface area contributed by atoms with Crippen LogP contribution in [0.3, 0.4) is 0 Å². The fourth-order valence-electron chi connectivity index (χ4n) is 3.18. The molecule has 0 fully saturated rings. The Morgan fingerprint density at radius 3 is 2.20 bits per heavy atom. The Balaban J connectivity index is 1.88. The quantitative estimate of drug-likeness (QED) is 0.351. The Bertz CT molecular complexity index is 577. The maximum absolute atomic E-state index is 5.90. The van der Waals surface area contributed by atoms with Crippen molar-refractivity contribution in [2.24, 2.45) is 0 Å². The van der Waals surface area contributed by atoms with Crippen molar-refractivity contribution < 1.29 is 9.40 Å². The van der Waals surface area contributed by atoms with Crippen molar-refractivity contribution in [3.8, 4) is 11.4 Å². The fourth-order valence-corrected chi connectivity index (χ4v) is 3.18. The third-order valence-corrected chi connectivity index (χ3v) is 4.58. The fraction of sp³-hybridized carbons (Fsp3) is 0.591. The molecule has 2 aromatic rings. The van der Waals surface area contributed by atoms with Crippen molar-refractivity contribution >= 4 is 0 Å². The van der Waals surface area contributed by atoms with Crippen molar-refractivity contribution in [2.75, 3.05) is 6.61 Å². The molecule has 1 aromatic heterocycles. The molecule has 0 saturated heterocycles. The topological polar surface area (TPSA) is 18.0 Å². The molecule has 25 heavy (non-hydrogen) atoms. The summed E-state index contributed by atoms with van der Waals surface area (Å²) in [6.45, 7) is 6.21. The number of hydrogen-bond acceptors (Lipinski definition) is 1. The summed E-state index contributed by atoms with van der Waals surface area (Å²) in [4.78, 5) is 5.90. The third-order valence-electron chi connectivity index (χ3n) is 4.58. The lowest BCUT2D eigenvalue weighted by Gasteiger charge is -2.06. The summed E-state index contributed by atoms with van der Waals surface area (Å²) >= 11 is 0. The van der Waals surface area contributed by atoms with Gasteiger partial charge in [0.15, 0.2) is 6.20 Å². The monoisotopic (exact) mass is 343 g/mol. The van der Waals surface area contributed by atoms with Gasteiger partial charge in [-0.25, -0.2) is 4.57 Å². The molecule has 0 spiro atoms. The lowest BCUT2D eigenvalue weighted by molar-refractivity contribution is -0.686. The van der Waals surface area contributed by atoms with Gasteiger partial charge in [-0.1, -0.05) is 70.6 Å². The van der Waals surface area contributed by atoms with Gasteiger partial charge in [-0.3, -0.25) is 0 Å². The lowest BCUT2D eigenvalue weighted by atomic mass is 10.1. The van der Waals surface area contributed by atoms with E-state index >= 15 is 0 Å². The first-order valence-corrected chi connectivity index (χ1v) is 10.2. The molecule has 0 aliphatic rings. The lowest BCUT2D eigenvalue weighted by Crippen LogP contribution is -2.35. The maximum Gasteiger partial charge on any atom is 0.328 e. The minimum Gasteiger partial charge on any atom is -0.335 e. The molecule has 0 atom stereocenters. The summed E-state index contributed by atoms with van der Waals surface area (Å²) in [6, 6.07) is 10.6. The van der Waals surface area contributed by atoms with Crippen LogP contribution in [0.2, 0.25) is 0 Å². The van der Waals surface area contributed by atoms with Crippen LogP contribution in [0.1, 0.15) is 71.6 Å². The Morgan fingerprint density at radius 1 is 0.840 bits per heavy atom. The summed E-state index contributed by atoms with van der Waals surface area (Å²) in [5.74, 6) is 1.15. The number of unbranched alkanes of at least 4 members (excludes halogenated alkanes) is 7. The first kappa shape index (κ1) is 19.6. The van der Waals surface area contributed by atoms with Crippen molar-refractivity contribution in [3.63, 3.8) is 0 Å². The third kappa shape index (κ3) is 6.56. The van der Waals surface area contributed by atoms with E-state index in [0.29, 0.717) is 0 Å². The molecule has 0 N–H and O–H groups in total. The van der Waals surface area contributed by atoms with Gasteiger partial charge >= 0.3 is 5.82 Å². The van der Waals surface area contributed by atoms with Crippen LogP contribution in [0.4, 0.5) is 0 Å². The number of benzene rings is 1. The van der Waals surface area contributed by atoms with E-state index < -0.39 is 0 Å². The van der Waals surface area contributed by atoms with Crippen LogP contribution in [-0.2, 0) is 6.54 Å². The van der Waals surface area contributed by atoms with Gasteiger partial charge in [0.05, 0.1) is 12.1 Å². The van der Waals surface area contributed by atoms with Crippen molar-refractivity contribution in [1.29, 1.82) is 0 Å². The smallest absolute Gasteiger partial charge is 0.328 e. The zero-order chi connectivity index (χ0) is 17.7. The molecule has 0 aliphatic carbocycles. The average Bonchev–Trinajstić information content (AvgIpc) is 3.05. The van der Waals surface area contributed by atoms with Crippen molar-refractivity contribution in [2.45, 2.75) is 78.2 Å². The van der Waals surface area contributed by atoms with Gasteiger partial charge in [-0.2, -0.15) is 0 Å². The number of nitrogens with zero attached hydrogens (tertiary/aromatic N) is 2. The second kappa shape index (κ2) is 11.7. The summed E-state index contributed by atoms with van der Waals surface area (Å²) < 4.78 is 4.27. The minimum absolute atomic E-state index is 0.742. The minimum atomic E-state index is 0.742. The Labute approximate surface area is 153 Å². The van der Waals surface area contributed by atoms with Crippen LogP contribution in [0.25, 0.3) is 11.4 Å². The van der Waals surface area contributed by atoms with Crippen molar-refractivity contribution in [1.82, 2.24) is 4.73 Å². The Hall–Kier alpha value is -1.77. The normalized spacial score (nSPS) is 11.0. The van der Waals surface area contributed by atoms with Gasteiger partial charge in [0.2, 0.25) is 0 Å². The van der Waals surface area contributed by atoms with Gasteiger partial charge in [-0.15, -0.1) is 0 Å². The molecular weight excluding hydrogens is 308 g/mol. The molecule has 138 valence electrons. The summed E-state index contributed by atoms with van der Waals surface area (Å²) in [6.07, 6.45) is 16.0. The largest absolute Gasteiger partial charge is 0.335 e. The molecule has 0 saturated carbocycles. The first-order chi connectivity index (χ1) is 12.4. The van der Waals surface area contributed by atoms with E-state index in [9.17, 15) is 0 Å². The number of rotatable bonds is 13. The van der Waals surface area contributed by atoms with Crippen LogP contribution in [0.15, 0.2) is 42.7 Å². The van der Waals surface area contributed by atoms with Crippen molar-refractivity contribution in [3.05, 3.63) is 42.7 Å². The average molecular weight is 344 g/mol. The van der Waals surface area contributed by atoms with E-state index in [0.717, 1.165) is 25.4 Å². The van der Waals surface area contributed by atoms with E-state index in [4.69, 9.17) is 4.84 Å².